The summed E-state index contributed by atoms with van der Waals surface area (Å²) in [5.41, 5.74) is -0.292. The van der Waals surface area contributed by atoms with Gasteiger partial charge >= 0.3 is 0 Å². The Hall–Kier alpha value is -0.230. The van der Waals surface area contributed by atoms with E-state index in [1.54, 1.807) is 11.9 Å². The Morgan fingerprint density at radius 3 is 2.50 bits per heavy atom. The van der Waals surface area contributed by atoms with Crippen LogP contribution in [0.5, 0.6) is 0 Å². The third-order valence-electron chi connectivity index (χ3n) is 2.31. The van der Waals surface area contributed by atoms with Crippen LogP contribution in [0.25, 0.3) is 0 Å². The van der Waals surface area contributed by atoms with E-state index in [4.69, 9.17) is 0 Å². The standard InChI is InChI=1S/C10H18BrF2NO2/c1-10(2,7-11)14(3)9(15)4-5-16-6-8(12)13/h8H,4-7H2,1-3H3. The number of halogens is 3. The highest BCUT2D eigenvalue weighted by atomic mass is 79.9. The van der Waals surface area contributed by atoms with Crippen molar-refractivity contribution in [1.82, 2.24) is 4.90 Å². The average Bonchev–Trinajstić information content (AvgIpc) is 2.22. The molecule has 0 atom stereocenters. The maximum atomic E-state index is 11.7. The fourth-order valence-electron chi connectivity index (χ4n) is 0.927. The first-order valence-electron chi connectivity index (χ1n) is 4.99. The van der Waals surface area contributed by atoms with Gasteiger partial charge in [-0.2, -0.15) is 0 Å². The van der Waals surface area contributed by atoms with E-state index in [1.807, 2.05) is 13.8 Å². The number of ether oxygens (including phenoxy) is 1. The van der Waals surface area contributed by atoms with Crippen molar-refractivity contribution in [2.24, 2.45) is 0 Å². The molecule has 0 aliphatic rings. The molecule has 0 radical (unpaired) electrons. The Bertz CT molecular complexity index is 225. The molecule has 0 aromatic carbocycles. The Kier molecular flexibility index (Phi) is 7.06. The highest BCUT2D eigenvalue weighted by Crippen LogP contribution is 2.16. The SMILES string of the molecule is CN(C(=O)CCOCC(F)F)C(C)(C)CBr. The zero-order valence-electron chi connectivity index (χ0n) is 9.80. The minimum atomic E-state index is -2.48. The van der Waals surface area contributed by atoms with E-state index >= 15 is 0 Å². The van der Waals surface area contributed by atoms with Crippen molar-refractivity contribution in [1.29, 1.82) is 0 Å². The van der Waals surface area contributed by atoms with Crippen molar-refractivity contribution < 1.29 is 18.3 Å². The molecule has 0 aromatic heterocycles. The quantitative estimate of drug-likeness (QED) is 0.533. The molecule has 0 aromatic rings. The maximum absolute atomic E-state index is 11.7. The lowest BCUT2D eigenvalue weighted by molar-refractivity contribution is -0.135. The first kappa shape index (κ1) is 15.8. The van der Waals surface area contributed by atoms with E-state index in [-0.39, 0.29) is 24.5 Å². The fourth-order valence-corrected chi connectivity index (χ4v) is 1.30. The minimum Gasteiger partial charge on any atom is -0.375 e. The van der Waals surface area contributed by atoms with Crippen LogP contribution < -0.4 is 0 Å². The number of alkyl halides is 3. The second-order valence-corrected chi connectivity index (χ2v) is 4.68. The molecule has 96 valence electrons. The summed E-state index contributed by atoms with van der Waals surface area (Å²) < 4.78 is 28.1. The van der Waals surface area contributed by atoms with Crippen LogP contribution in [-0.4, -0.2) is 48.4 Å². The summed E-state index contributed by atoms with van der Waals surface area (Å²) in [5.74, 6) is -0.112. The summed E-state index contributed by atoms with van der Waals surface area (Å²) in [6, 6.07) is 0. The number of hydrogen-bond donors (Lipinski definition) is 0. The second-order valence-electron chi connectivity index (χ2n) is 4.11. The third kappa shape index (κ3) is 5.75. The molecule has 0 fully saturated rings. The van der Waals surface area contributed by atoms with Gasteiger partial charge in [0.1, 0.15) is 6.61 Å². The van der Waals surface area contributed by atoms with Crippen LogP contribution in [0.15, 0.2) is 0 Å². The first-order chi connectivity index (χ1) is 7.31. The lowest BCUT2D eigenvalue weighted by Crippen LogP contribution is -2.46. The van der Waals surface area contributed by atoms with Crippen LogP contribution >= 0.6 is 15.9 Å². The maximum Gasteiger partial charge on any atom is 0.261 e. The van der Waals surface area contributed by atoms with E-state index in [0.717, 1.165) is 0 Å². The molecule has 0 aliphatic carbocycles. The van der Waals surface area contributed by atoms with Crippen molar-refractivity contribution in [3.05, 3.63) is 0 Å². The van der Waals surface area contributed by atoms with Gasteiger partial charge in [0, 0.05) is 17.9 Å². The zero-order valence-corrected chi connectivity index (χ0v) is 11.4. The van der Waals surface area contributed by atoms with E-state index in [9.17, 15) is 13.6 Å². The van der Waals surface area contributed by atoms with Gasteiger partial charge in [-0.25, -0.2) is 8.78 Å². The normalized spacial score (nSPS) is 11.9. The van der Waals surface area contributed by atoms with Crippen LogP contribution in [0.2, 0.25) is 0 Å². The molecule has 0 unspecified atom stereocenters. The van der Waals surface area contributed by atoms with Gasteiger partial charge in [-0.3, -0.25) is 4.79 Å². The molecule has 0 saturated carbocycles. The smallest absolute Gasteiger partial charge is 0.261 e. The molecule has 6 heteroatoms. The van der Waals surface area contributed by atoms with E-state index in [1.165, 1.54) is 0 Å². The molecule has 3 nitrogen and oxygen atoms in total. The van der Waals surface area contributed by atoms with Crippen LogP contribution in [0.4, 0.5) is 8.78 Å². The molecule has 1 amide bonds. The summed E-state index contributed by atoms with van der Waals surface area (Å²) in [4.78, 5) is 13.2. The van der Waals surface area contributed by atoms with Gasteiger partial charge in [0.25, 0.3) is 6.43 Å². The van der Waals surface area contributed by atoms with E-state index in [0.29, 0.717) is 5.33 Å². The van der Waals surface area contributed by atoms with Gasteiger partial charge in [-0.15, -0.1) is 0 Å². The third-order valence-corrected chi connectivity index (χ3v) is 3.69. The summed E-state index contributed by atoms with van der Waals surface area (Å²) in [6.45, 7) is 3.25. The van der Waals surface area contributed by atoms with Gasteiger partial charge in [-0.1, -0.05) is 15.9 Å². The molecule has 0 rings (SSSR count). The Morgan fingerprint density at radius 2 is 2.06 bits per heavy atom. The second kappa shape index (κ2) is 7.17. The van der Waals surface area contributed by atoms with Gasteiger partial charge in [0.05, 0.1) is 13.0 Å². The topological polar surface area (TPSA) is 29.5 Å². The van der Waals surface area contributed by atoms with Gasteiger partial charge < -0.3 is 9.64 Å². The van der Waals surface area contributed by atoms with E-state index in [2.05, 4.69) is 20.7 Å². The van der Waals surface area contributed by atoms with Gasteiger partial charge in [-0.05, 0) is 13.8 Å². The van der Waals surface area contributed by atoms with Crippen LogP contribution in [-0.2, 0) is 9.53 Å². The Labute approximate surface area is 103 Å². The highest BCUT2D eigenvalue weighted by Gasteiger charge is 2.25. The van der Waals surface area contributed by atoms with Crippen molar-refractivity contribution in [3.63, 3.8) is 0 Å². The highest BCUT2D eigenvalue weighted by molar-refractivity contribution is 9.09. The molecular formula is C10H18BrF2NO2. The minimum absolute atomic E-state index is 0.0336. The Balaban J connectivity index is 3.89. The number of carbonyl (C=O) groups excluding carboxylic acids is 1. The number of amides is 1. The predicted molar refractivity (Wildman–Crippen MR) is 62.1 cm³/mol. The summed E-state index contributed by atoms with van der Waals surface area (Å²) in [5, 5.41) is 0.653. The van der Waals surface area contributed by atoms with Crippen molar-refractivity contribution in [2.45, 2.75) is 32.2 Å². The zero-order chi connectivity index (χ0) is 12.8. The van der Waals surface area contributed by atoms with Crippen molar-refractivity contribution in [3.8, 4) is 0 Å². The monoisotopic (exact) mass is 301 g/mol. The summed E-state index contributed by atoms with van der Waals surface area (Å²) in [7, 11) is 1.69. The number of hydrogen-bond acceptors (Lipinski definition) is 2. The van der Waals surface area contributed by atoms with Crippen LogP contribution in [0, 0.1) is 0 Å². The molecule has 0 N–H and O–H groups in total. The molecule has 16 heavy (non-hydrogen) atoms. The van der Waals surface area contributed by atoms with Gasteiger partial charge in [0.2, 0.25) is 5.91 Å². The molecule has 0 saturated heterocycles. The number of nitrogens with zero attached hydrogens (tertiary/aromatic N) is 1. The molecule has 0 aliphatic heterocycles. The molecule has 0 heterocycles. The molecule has 0 bridgehead atoms. The Morgan fingerprint density at radius 1 is 1.50 bits per heavy atom. The summed E-state index contributed by atoms with van der Waals surface area (Å²) >= 11 is 3.32. The number of carbonyl (C=O) groups is 1. The molecule has 0 spiro atoms. The predicted octanol–water partition coefficient (Wildman–Crippen LogP) is 2.29. The lowest BCUT2D eigenvalue weighted by Gasteiger charge is -2.34. The average molecular weight is 302 g/mol. The lowest BCUT2D eigenvalue weighted by atomic mass is 10.1. The molecular weight excluding hydrogens is 284 g/mol. The van der Waals surface area contributed by atoms with Gasteiger partial charge in [0.15, 0.2) is 0 Å². The summed E-state index contributed by atoms with van der Waals surface area (Å²) in [6.07, 6.45) is -2.36. The van der Waals surface area contributed by atoms with Crippen molar-refractivity contribution in [2.75, 3.05) is 25.6 Å². The van der Waals surface area contributed by atoms with Crippen LogP contribution in [0.3, 0.4) is 0 Å². The number of rotatable bonds is 7. The van der Waals surface area contributed by atoms with E-state index < -0.39 is 13.0 Å². The first-order valence-corrected chi connectivity index (χ1v) is 6.12. The largest absolute Gasteiger partial charge is 0.375 e. The van der Waals surface area contributed by atoms with Crippen molar-refractivity contribution >= 4 is 21.8 Å². The fraction of sp³-hybridized carbons (Fsp3) is 0.900. The van der Waals surface area contributed by atoms with Crippen LogP contribution in [0.1, 0.15) is 20.3 Å².